The molecule has 1 aromatic carbocycles. The number of benzene rings is 1. The summed E-state index contributed by atoms with van der Waals surface area (Å²) in [4.78, 5) is 19.9. The standard InChI is InChI=1S/C21H23N7O2/c1-28-10-9-13-14(7-4-8-18(13)28)25-20-17(11-22)23-12-19(27-20)24-15-5-2-3-6-16(15)26-21(29)30/h4,7-10,12,15-16,26H,2-3,5-6H2,1H3,(H,29,30)(H2,24,25,27)/t15-,16+/m1/s1. The highest BCUT2D eigenvalue weighted by molar-refractivity contribution is 5.94. The number of nitrogens with zero attached hydrogens (tertiary/aromatic N) is 4. The van der Waals surface area contributed by atoms with Crippen molar-refractivity contribution in [2.45, 2.75) is 37.8 Å². The van der Waals surface area contributed by atoms with E-state index in [0.29, 0.717) is 11.6 Å². The lowest BCUT2D eigenvalue weighted by Crippen LogP contribution is -2.48. The van der Waals surface area contributed by atoms with Crippen LogP contribution in [0.4, 0.5) is 22.1 Å². The molecule has 4 N–H and O–H groups in total. The first-order valence-electron chi connectivity index (χ1n) is 9.89. The van der Waals surface area contributed by atoms with E-state index in [0.717, 1.165) is 42.3 Å². The van der Waals surface area contributed by atoms with Crippen molar-refractivity contribution in [3.63, 3.8) is 0 Å². The van der Waals surface area contributed by atoms with Gasteiger partial charge in [-0.1, -0.05) is 18.9 Å². The first-order chi connectivity index (χ1) is 14.5. The van der Waals surface area contributed by atoms with Crippen LogP contribution in [0.2, 0.25) is 0 Å². The molecule has 2 aromatic heterocycles. The molecule has 0 bridgehead atoms. The molecule has 1 fully saturated rings. The van der Waals surface area contributed by atoms with E-state index in [1.165, 1.54) is 6.20 Å². The number of carboxylic acid groups (broad SMARTS) is 1. The van der Waals surface area contributed by atoms with Crippen molar-refractivity contribution >= 4 is 34.3 Å². The third kappa shape index (κ3) is 3.98. The molecule has 0 radical (unpaired) electrons. The molecule has 9 heteroatoms. The summed E-state index contributed by atoms with van der Waals surface area (Å²) in [6.07, 6.45) is 6.06. The fourth-order valence-electron chi connectivity index (χ4n) is 3.99. The van der Waals surface area contributed by atoms with Gasteiger partial charge in [0.05, 0.1) is 12.2 Å². The Labute approximate surface area is 173 Å². The first kappa shape index (κ1) is 19.5. The fraction of sp³-hybridized carbons (Fsp3) is 0.333. The number of carbonyl (C=O) groups is 1. The molecule has 0 saturated heterocycles. The van der Waals surface area contributed by atoms with Crippen LogP contribution in [0.1, 0.15) is 31.4 Å². The zero-order chi connectivity index (χ0) is 21.1. The van der Waals surface area contributed by atoms with Gasteiger partial charge in [-0.15, -0.1) is 0 Å². The molecule has 2 heterocycles. The minimum Gasteiger partial charge on any atom is -0.465 e. The molecule has 3 aromatic rings. The average Bonchev–Trinajstić information content (AvgIpc) is 3.11. The second-order valence-electron chi connectivity index (χ2n) is 7.45. The number of aryl methyl sites for hydroxylation is 1. The molecule has 9 nitrogen and oxygen atoms in total. The van der Waals surface area contributed by atoms with E-state index in [1.807, 2.05) is 42.1 Å². The van der Waals surface area contributed by atoms with E-state index in [-0.39, 0.29) is 17.8 Å². The summed E-state index contributed by atoms with van der Waals surface area (Å²) in [7, 11) is 1.98. The molecule has 1 aliphatic carbocycles. The van der Waals surface area contributed by atoms with Crippen LogP contribution in [0.5, 0.6) is 0 Å². The Kier molecular flexibility index (Phi) is 5.39. The number of nitrogens with one attached hydrogen (secondary N) is 3. The van der Waals surface area contributed by atoms with Crippen LogP contribution >= 0.6 is 0 Å². The molecule has 154 valence electrons. The summed E-state index contributed by atoms with van der Waals surface area (Å²) in [6.45, 7) is 0. The van der Waals surface area contributed by atoms with E-state index in [4.69, 9.17) is 5.11 Å². The van der Waals surface area contributed by atoms with E-state index in [9.17, 15) is 10.1 Å². The minimum absolute atomic E-state index is 0.0810. The van der Waals surface area contributed by atoms with E-state index in [1.54, 1.807) is 0 Å². The second kappa shape index (κ2) is 8.29. The second-order valence-corrected chi connectivity index (χ2v) is 7.45. The molecule has 1 saturated carbocycles. The van der Waals surface area contributed by atoms with Crippen molar-refractivity contribution in [2.24, 2.45) is 7.05 Å². The van der Waals surface area contributed by atoms with Crippen molar-refractivity contribution in [3.05, 3.63) is 42.4 Å². The Balaban J connectivity index is 1.60. The number of fused-ring (bicyclic) bond motifs is 1. The largest absolute Gasteiger partial charge is 0.465 e. The molecule has 0 aliphatic heterocycles. The smallest absolute Gasteiger partial charge is 0.404 e. The summed E-state index contributed by atoms with van der Waals surface area (Å²) in [5.41, 5.74) is 2.09. The van der Waals surface area contributed by atoms with E-state index >= 15 is 0 Å². The van der Waals surface area contributed by atoms with Gasteiger partial charge in [-0.3, -0.25) is 0 Å². The van der Waals surface area contributed by atoms with Crippen LogP contribution in [0.25, 0.3) is 10.9 Å². The van der Waals surface area contributed by atoms with Gasteiger partial charge in [-0.2, -0.15) is 5.26 Å². The highest BCUT2D eigenvalue weighted by Crippen LogP contribution is 2.28. The molecule has 1 aliphatic rings. The van der Waals surface area contributed by atoms with E-state index < -0.39 is 6.09 Å². The van der Waals surface area contributed by atoms with Gasteiger partial charge < -0.3 is 25.6 Å². The van der Waals surface area contributed by atoms with Crippen molar-refractivity contribution in [2.75, 3.05) is 10.6 Å². The Hall–Kier alpha value is -3.80. The molecular formula is C21H23N7O2. The van der Waals surface area contributed by atoms with Gasteiger partial charge in [-0.25, -0.2) is 14.8 Å². The predicted octanol–water partition coefficient (Wildman–Crippen LogP) is 3.57. The Morgan fingerprint density at radius 3 is 2.83 bits per heavy atom. The highest BCUT2D eigenvalue weighted by Gasteiger charge is 2.27. The zero-order valence-electron chi connectivity index (χ0n) is 16.6. The van der Waals surface area contributed by atoms with Gasteiger partial charge in [0, 0.05) is 35.9 Å². The van der Waals surface area contributed by atoms with Gasteiger partial charge in [0.25, 0.3) is 0 Å². The van der Waals surface area contributed by atoms with E-state index in [2.05, 4.69) is 32.0 Å². The Morgan fingerprint density at radius 2 is 2.07 bits per heavy atom. The lowest BCUT2D eigenvalue weighted by atomic mass is 9.90. The minimum atomic E-state index is -1.03. The molecule has 0 spiro atoms. The van der Waals surface area contributed by atoms with Gasteiger partial charge >= 0.3 is 6.09 Å². The van der Waals surface area contributed by atoms with Crippen molar-refractivity contribution in [1.29, 1.82) is 5.26 Å². The lowest BCUT2D eigenvalue weighted by molar-refractivity contribution is 0.184. The summed E-state index contributed by atoms with van der Waals surface area (Å²) in [5, 5.41) is 28.7. The average molecular weight is 405 g/mol. The topological polar surface area (TPSA) is 128 Å². The lowest BCUT2D eigenvalue weighted by Gasteiger charge is -2.32. The normalized spacial score (nSPS) is 18.5. The Bertz CT molecular complexity index is 1120. The maximum absolute atomic E-state index is 11.1. The van der Waals surface area contributed by atoms with Crippen LogP contribution in [-0.2, 0) is 7.05 Å². The summed E-state index contributed by atoms with van der Waals surface area (Å²) < 4.78 is 2.02. The SMILES string of the molecule is Cn1ccc2c(Nc3nc(N[C@@H]4CCCC[C@@H]4NC(=O)O)cnc3C#N)cccc21. The maximum Gasteiger partial charge on any atom is 0.404 e. The van der Waals surface area contributed by atoms with Gasteiger partial charge in [0.2, 0.25) is 0 Å². The van der Waals surface area contributed by atoms with Crippen molar-refractivity contribution < 1.29 is 9.90 Å². The monoisotopic (exact) mass is 405 g/mol. The van der Waals surface area contributed by atoms with Crippen LogP contribution in [0.3, 0.4) is 0 Å². The molecule has 1 amide bonds. The summed E-state index contributed by atoms with van der Waals surface area (Å²) in [6, 6.07) is 9.70. The fourth-order valence-corrected chi connectivity index (χ4v) is 3.99. The quantitative estimate of drug-likeness (QED) is 0.511. The van der Waals surface area contributed by atoms with Crippen LogP contribution < -0.4 is 16.0 Å². The molecule has 30 heavy (non-hydrogen) atoms. The molecular weight excluding hydrogens is 382 g/mol. The number of rotatable bonds is 5. The van der Waals surface area contributed by atoms with Crippen molar-refractivity contribution in [1.82, 2.24) is 19.9 Å². The van der Waals surface area contributed by atoms with Gasteiger partial charge in [0.15, 0.2) is 11.5 Å². The third-order valence-corrected chi connectivity index (χ3v) is 5.47. The number of amides is 1. The number of hydrogen-bond donors (Lipinski definition) is 4. The zero-order valence-corrected chi connectivity index (χ0v) is 16.6. The molecule has 2 atom stereocenters. The number of nitriles is 1. The first-order valence-corrected chi connectivity index (χ1v) is 9.89. The highest BCUT2D eigenvalue weighted by atomic mass is 16.4. The van der Waals surface area contributed by atoms with Crippen LogP contribution in [0.15, 0.2) is 36.7 Å². The maximum atomic E-state index is 11.1. The molecule has 4 rings (SSSR count). The summed E-state index contributed by atoms with van der Waals surface area (Å²) in [5.74, 6) is 0.859. The predicted molar refractivity (Wildman–Crippen MR) is 114 cm³/mol. The number of anilines is 3. The Morgan fingerprint density at radius 1 is 1.27 bits per heavy atom. The third-order valence-electron chi connectivity index (χ3n) is 5.47. The van der Waals surface area contributed by atoms with Crippen molar-refractivity contribution in [3.8, 4) is 6.07 Å². The molecule has 0 unspecified atom stereocenters. The van der Waals surface area contributed by atoms with Gasteiger partial charge in [0.1, 0.15) is 11.9 Å². The van der Waals surface area contributed by atoms with Crippen LogP contribution in [0, 0.1) is 11.3 Å². The van der Waals surface area contributed by atoms with Gasteiger partial charge in [-0.05, 0) is 31.0 Å². The number of hydrogen-bond acceptors (Lipinski definition) is 6. The summed E-state index contributed by atoms with van der Waals surface area (Å²) >= 11 is 0. The van der Waals surface area contributed by atoms with Crippen LogP contribution in [-0.4, -0.2) is 37.8 Å². The number of aromatic nitrogens is 3.